The molecule has 2 aromatic carbocycles. The SMILES string of the molecule is CC[C@@H](C)[C@@H](NC(=O)c1ccccc1NC(=O)c1ccc(OC)cc1)C(=O)[O-]. The van der Waals surface area contributed by atoms with Gasteiger partial charge in [0.05, 0.1) is 30.4 Å². The number of methoxy groups -OCH3 is 1. The van der Waals surface area contributed by atoms with Gasteiger partial charge in [0, 0.05) is 5.56 Å². The van der Waals surface area contributed by atoms with Crippen molar-refractivity contribution in [2.45, 2.75) is 26.3 Å². The van der Waals surface area contributed by atoms with Gasteiger partial charge in [0.25, 0.3) is 11.8 Å². The predicted octanol–water partition coefficient (Wildman–Crippen LogP) is 1.84. The molecule has 2 atom stereocenters. The summed E-state index contributed by atoms with van der Waals surface area (Å²) < 4.78 is 5.06. The number of hydrogen-bond acceptors (Lipinski definition) is 5. The number of anilines is 1. The lowest BCUT2D eigenvalue weighted by molar-refractivity contribution is -0.309. The smallest absolute Gasteiger partial charge is 0.255 e. The summed E-state index contributed by atoms with van der Waals surface area (Å²) >= 11 is 0. The van der Waals surface area contributed by atoms with Crippen LogP contribution in [0.2, 0.25) is 0 Å². The number of nitrogens with one attached hydrogen (secondary N) is 2. The van der Waals surface area contributed by atoms with Crippen molar-refractivity contribution >= 4 is 23.5 Å². The molecule has 0 heterocycles. The van der Waals surface area contributed by atoms with Gasteiger partial charge >= 0.3 is 0 Å². The van der Waals surface area contributed by atoms with Gasteiger partial charge in [-0.05, 0) is 42.3 Å². The number of rotatable bonds is 8. The summed E-state index contributed by atoms with van der Waals surface area (Å²) in [7, 11) is 1.53. The molecule has 148 valence electrons. The van der Waals surface area contributed by atoms with Crippen LogP contribution in [0.15, 0.2) is 48.5 Å². The second-order valence-electron chi connectivity index (χ2n) is 6.38. The van der Waals surface area contributed by atoms with E-state index >= 15 is 0 Å². The number of amides is 2. The minimum atomic E-state index is -1.34. The predicted molar refractivity (Wildman–Crippen MR) is 103 cm³/mol. The Kier molecular flexibility index (Phi) is 7.14. The maximum Gasteiger partial charge on any atom is 0.255 e. The minimum absolute atomic E-state index is 0.166. The van der Waals surface area contributed by atoms with Crippen molar-refractivity contribution in [3.05, 3.63) is 59.7 Å². The molecule has 0 unspecified atom stereocenters. The Hall–Kier alpha value is -3.35. The first-order valence-electron chi connectivity index (χ1n) is 8.93. The normalized spacial score (nSPS) is 12.5. The molecule has 2 aromatic rings. The standard InChI is InChI=1S/C21H24N2O5/c1-4-13(2)18(21(26)27)23-20(25)16-7-5-6-8-17(16)22-19(24)14-9-11-15(28-3)12-10-14/h5-13,18H,4H2,1-3H3,(H,22,24)(H,23,25)(H,26,27)/p-1/t13-,18-/m1/s1. The Labute approximate surface area is 163 Å². The van der Waals surface area contributed by atoms with Gasteiger partial charge in [-0.2, -0.15) is 0 Å². The molecule has 0 bridgehead atoms. The fourth-order valence-electron chi connectivity index (χ4n) is 2.62. The molecule has 7 heteroatoms. The van der Waals surface area contributed by atoms with E-state index in [9.17, 15) is 19.5 Å². The quantitative estimate of drug-likeness (QED) is 0.723. The number of para-hydroxylation sites is 1. The Balaban J connectivity index is 2.20. The molecule has 0 radical (unpaired) electrons. The van der Waals surface area contributed by atoms with Gasteiger partial charge in [-0.25, -0.2) is 0 Å². The monoisotopic (exact) mass is 383 g/mol. The van der Waals surface area contributed by atoms with Gasteiger partial charge in [0.1, 0.15) is 5.75 Å². The summed E-state index contributed by atoms with van der Waals surface area (Å²) in [5, 5.41) is 16.5. The lowest BCUT2D eigenvalue weighted by atomic mass is 9.98. The number of carbonyl (C=O) groups excluding carboxylic acids is 3. The molecule has 0 aliphatic carbocycles. The van der Waals surface area contributed by atoms with E-state index in [1.807, 2.05) is 6.92 Å². The highest BCUT2D eigenvalue weighted by molar-refractivity contribution is 6.09. The van der Waals surface area contributed by atoms with E-state index in [2.05, 4.69) is 10.6 Å². The highest BCUT2D eigenvalue weighted by Crippen LogP contribution is 2.18. The van der Waals surface area contributed by atoms with Crippen molar-refractivity contribution in [1.29, 1.82) is 0 Å². The minimum Gasteiger partial charge on any atom is -0.548 e. The third-order valence-corrected chi connectivity index (χ3v) is 4.53. The van der Waals surface area contributed by atoms with Gasteiger partial charge in [0.15, 0.2) is 0 Å². The molecule has 2 N–H and O–H groups in total. The Bertz CT molecular complexity index is 848. The molecule has 0 saturated heterocycles. The number of aliphatic carboxylic acids is 1. The summed E-state index contributed by atoms with van der Waals surface area (Å²) in [6, 6.07) is 11.8. The van der Waals surface area contributed by atoms with E-state index in [1.54, 1.807) is 49.4 Å². The zero-order valence-electron chi connectivity index (χ0n) is 16.0. The van der Waals surface area contributed by atoms with E-state index in [0.29, 0.717) is 17.7 Å². The van der Waals surface area contributed by atoms with Crippen LogP contribution in [0.25, 0.3) is 0 Å². The molecular formula is C21H23N2O5-. The molecule has 2 rings (SSSR count). The van der Waals surface area contributed by atoms with E-state index < -0.39 is 23.8 Å². The fourth-order valence-corrected chi connectivity index (χ4v) is 2.62. The molecule has 2 amide bonds. The number of carbonyl (C=O) groups is 3. The summed E-state index contributed by atoms with van der Waals surface area (Å²) in [6.07, 6.45) is 0.564. The third-order valence-electron chi connectivity index (χ3n) is 4.53. The molecular weight excluding hydrogens is 360 g/mol. The average molecular weight is 383 g/mol. The second kappa shape index (κ2) is 9.55. The van der Waals surface area contributed by atoms with Crippen molar-refractivity contribution in [3.63, 3.8) is 0 Å². The summed E-state index contributed by atoms with van der Waals surface area (Å²) in [4.78, 5) is 36.5. The molecule has 0 aliphatic heterocycles. The maximum atomic E-state index is 12.6. The largest absolute Gasteiger partial charge is 0.548 e. The van der Waals surface area contributed by atoms with E-state index in [-0.39, 0.29) is 17.2 Å². The van der Waals surface area contributed by atoms with Crippen molar-refractivity contribution in [3.8, 4) is 5.75 Å². The first kappa shape index (κ1) is 21.0. The van der Waals surface area contributed by atoms with Crippen molar-refractivity contribution in [2.75, 3.05) is 12.4 Å². The molecule has 0 fully saturated rings. The number of ether oxygens (including phenoxy) is 1. The van der Waals surface area contributed by atoms with E-state index in [0.717, 1.165) is 0 Å². The summed E-state index contributed by atoms with van der Waals surface area (Å²) in [6.45, 7) is 3.55. The van der Waals surface area contributed by atoms with Crippen molar-refractivity contribution < 1.29 is 24.2 Å². The van der Waals surface area contributed by atoms with Crippen LogP contribution in [0, 0.1) is 5.92 Å². The topological polar surface area (TPSA) is 108 Å². The Morgan fingerprint density at radius 1 is 1.04 bits per heavy atom. The van der Waals surface area contributed by atoms with Crippen molar-refractivity contribution in [2.24, 2.45) is 5.92 Å². The molecule has 0 spiro atoms. The van der Waals surface area contributed by atoms with Crippen LogP contribution in [0.3, 0.4) is 0 Å². The fraction of sp³-hybridized carbons (Fsp3) is 0.286. The lowest BCUT2D eigenvalue weighted by Crippen LogP contribution is -2.51. The average Bonchev–Trinajstić information content (AvgIpc) is 2.71. The number of hydrogen-bond donors (Lipinski definition) is 2. The number of benzene rings is 2. The maximum absolute atomic E-state index is 12.6. The second-order valence-corrected chi connectivity index (χ2v) is 6.38. The molecule has 0 saturated carbocycles. The van der Waals surface area contributed by atoms with Crippen molar-refractivity contribution in [1.82, 2.24) is 5.32 Å². The first-order chi connectivity index (χ1) is 13.4. The van der Waals surface area contributed by atoms with Crippen LogP contribution in [-0.4, -0.2) is 30.9 Å². The van der Waals surface area contributed by atoms with E-state index in [4.69, 9.17) is 4.74 Å². The highest BCUT2D eigenvalue weighted by atomic mass is 16.5. The number of carboxylic acid groups (broad SMARTS) is 1. The Morgan fingerprint density at radius 2 is 1.68 bits per heavy atom. The number of carboxylic acids is 1. The third kappa shape index (κ3) is 5.09. The molecule has 0 aliphatic rings. The van der Waals surface area contributed by atoms with Crippen LogP contribution >= 0.6 is 0 Å². The van der Waals surface area contributed by atoms with Gasteiger partial charge in [-0.1, -0.05) is 32.4 Å². The first-order valence-corrected chi connectivity index (χ1v) is 8.93. The zero-order valence-corrected chi connectivity index (χ0v) is 16.0. The van der Waals surface area contributed by atoms with Crippen LogP contribution in [0.4, 0.5) is 5.69 Å². The zero-order chi connectivity index (χ0) is 20.7. The molecule has 28 heavy (non-hydrogen) atoms. The lowest BCUT2D eigenvalue weighted by Gasteiger charge is -2.25. The van der Waals surface area contributed by atoms with Gasteiger partial charge in [0.2, 0.25) is 0 Å². The molecule has 7 nitrogen and oxygen atoms in total. The van der Waals surface area contributed by atoms with E-state index in [1.165, 1.54) is 13.2 Å². The highest BCUT2D eigenvalue weighted by Gasteiger charge is 2.22. The van der Waals surface area contributed by atoms with Crippen LogP contribution in [-0.2, 0) is 4.79 Å². The van der Waals surface area contributed by atoms with Crippen LogP contribution in [0.5, 0.6) is 5.75 Å². The molecule has 0 aromatic heterocycles. The van der Waals surface area contributed by atoms with Crippen LogP contribution < -0.4 is 20.5 Å². The van der Waals surface area contributed by atoms with Crippen LogP contribution in [0.1, 0.15) is 41.0 Å². The summed E-state index contributed by atoms with van der Waals surface area (Å²) in [5.41, 5.74) is 0.837. The van der Waals surface area contributed by atoms with Gasteiger partial charge < -0.3 is 25.3 Å². The van der Waals surface area contributed by atoms with Gasteiger partial charge in [-0.15, -0.1) is 0 Å². The van der Waals surface area contributed by atoms with Gasteiger partial charge in [-0.3, -0.25) is 9.59 Å². The summed E-state index contributed by atoms with van der Waals surface area (Å²) in [5.74, 6) is -2.02. The Morgan fingerprint density at radius 3 is 2.25 bits per heavy atom.